The number of aryl methyl sites for hydroxylation is 2. The van der Waals surface area contributed by atoms with Gasteiger partial charge in [-0.25, -0.2) is 4.98 Å². The van der Waals surface area contributed by atoms with E-state index in [9.17, 15) is 0 Å². The highest BCUT2D eigenvalue weighted by Crippen LogP contribution is 2.09. The molecule has 3 nitrogen and oxygen atoms in total. The highest BCUT2D eigenvalue weighted by atomic mass is 15.0. The summed E-state index contributed by atoms with van der Waals surface area (Å²) in [4.78, 5) is 8.07. The molecule has 0 aliphatic heterocycles. The molecule has 0 aromatic carbocycles. The van der Waals surface area contributed by atoms with Crippen LogP contribution in [0.1, 0.15) is 57.7 Å². The lowest BCUT2D eigenvalue weighted by Crippen LogP contribution is -2.25. The molecular formula is C13H25N3. The molecule has 0 spiro atoms. The number of rotatable bonds is 7. The van der Waals surface area contributed by atoms with Crippen molar-refractivity contribution in [2.24, 2.45) is 0 Å². The summed E-state index contributed by atoms with van der Waals surface area (Å²) in [6, 6.07) is 0.560. The third kappa shape index (κ3) is 3.63. The summed E-state index contributed by atoms with van der Waals surface area (Å²) in [6.07, 6.45) is 4.46. The van der Waals surface area contributed by atoms with E-state index in [2.05, 4.69) is 43.0 Å². The van der Waals surface area contributed by atoms with Gasteiger partial charge in [-0.05, 0) is 26.2 Å². The van der Waals surface area contributed by atoms with E-state index in [4.69, 9.17) is 0 Å². The van der Waals surface area contributed by atoms with Gasteiger partial charge in [0.15, 0.2) is 0 Å². The Kier molecular flexibility index (Phi) is 5.53. The maximum atomic E-state index is 4.64. The SMILES string of the molecule is CCCc1[nH]c(CNC(C)CC)nc1CC. The predicted octanol–water partition coefficient (Wildman–Crippen LogP) is 2.81. The first-order valence-corrected chi connectivity index (χ1v) is 6.51. The van der Waals surface area contributed by atoms with Crippen molar-refractivity contribution in [3.05, 3.63) is 17.2 Å². The van der Waals surface area contributed by atoms with E-state index in [1.54, 1.807) is 0 Å². The van der Waals surface area contributed by atoms with E-state index >= 15 is 0 Å². The minimum Gasteiger partial charge on any atom is -0.345 e. The molecule has 1 rings (SSSR count). The van der Waals surface area contributed by atoms with Gasteiger partial charge in [-0.1, -0.05) is 27.2 Å². The molecule has 16 heavy (non-hydrogen) atoms. The molecule has 1 aromatic rings. The van der Waals surface area contributed by atoms with Crippen LogP contribution in [0.2, 0.25) is 0 Å². The van der Waals surface area contributed by atoms with Gasteiger partial charge in [0.2, 0.25) is 0 Å². The van der Waals surface area contributed by atoms with Gasteiger partial charge in [-0.15, -0.1) is 0 Å². The van der Waals surface area contributed by atoms with Crippen molar-refractivity contribution in [2.45, 2.75) is 66.0 Å². The van der Waals surface area contributed by atoms with Crippen LogP contribution in [0.4, 0.5) is 0 Å². The highest BCUT2D eigenvalue weighted by Gasteiger charge is 2.08. The molecule has 3 heteroatoms. The van der Waals surface area contributed by atoms with E-state index in [1.807, 2.05) is 0 Å². The molecule has 92 valence electrons. The number of imidazole rings is 1. The van der Waals surface area contributed by atoms with Gasteiger partial charge in [0.25, 0.3) is 0 Å². The Hall–Kier alpha value is -0.830. The van der Waals surface area contributed by atoms with Crippen LogP contribution in [0, 0.1) is 0 Å². The second kappa shape index (κ2) is 6.69. The Morgan fingerprint density at radius 2 is 2.06 bits per heavy atom. The van der Waals surface area contributed by atoms with E-state index < -0.39 is 0 Å². The van der Waals surface area contributed by atoms with E-state index in [1.165, 1.54) is 17.8 Å². The molecule has 0 radical (unpaired) electrons. The van der Waals surface area contributed by atoms with Crippen molar-refractivity contribution in [3.8, 4) is 0 Å². The lowest BCUT2D eigenvalue weighted by Gasteiger charge is -2.08. The fourth-order valence-corrected chi connectivity index (χ4v) is 1.75. The van der Waals surface area contributed by atoms with Gasteiger partial charge in [0.1, 0.15) is 5.82 Å². The first kappa shape index (κ1) is 13.2. The summed E-state index contributed by atoms with van der Waals surface area (Å²) in [6.45, 7) is 9.63. The minimum absolute atomic E-state index is 0.560. The molecule has 0 fully saturated rings. The number of hydrogen-bond donors (Lipinski definition) is 2. The number of nitrogens with one attached hydrogen (secondary N) is 2. The van der Waals surface area contributed by atoms with Crippen molar-refractivity contribution >= 4 is 0 Å². The number of H-pyrrole nitrogens is 1. The number of hydrogen-bond acceptors (Lipinski definition) is 2. The Morgan fingerprint density at radius 1 is 1.31 bits per heavy atom. The molecule has 0 saturated carbocycles. The molecule has 1 unspecified atom stereocenters. The number of nitrogens with zero attached hydrogens (tertiary/aromatic N) is 1. The summed E-state index contributed by atoms with van der Waals surface area (Å²) in [5.41, 5.74) is 2.56. The van der Waals surface area contributed by atoms with Crippen LogP contribution in [-0.2, 0) is 19.4 Å². The average molecular weight is 223 g/mol. The van der Waals surface area contributed by atoms with Gasteiger partial charge < -0.3 is 10.3 Å². The zero-order valence-corrected chi connectivity index (χ0v) is 11.1. The van der Waals surface area contributed by atoms with Crippen LogP contribution in [0.15, 0.2) is 0 Å². The average Bonchev–Trinajstić information content (AvgIpc) is 2.69. The second-order valence-electron chi connectivity index (χ2n) is 4.40. The first-order valence-electron chi connectivity index (χ1n) is 6.51. The summed E-state index contributed by atoms with van der Waals surface area (Å²) < 4.78 is 0. The van der Waals surface area contributed by atoms with Gasteiger partial charge in [-0.3, -0.25) is 0 Å². The van der Waals surface area contributed by atoms with Gasteiger partial charge >= 0.3 is 0 Å². The topological polar surface area (TPSA) is 40.7 Å². The fourth-order valence-electron chi connectivity index (χ4n) is 1.75. The van der Waals surface area contributed by atoms with Crippen LogP contribution in [0.5, 0.6) is 0 Å². The lowest BCUT2D eigenvalue weighted by molar-refractivity contribution is 0.524. The van der Waals surface area contributed by atoms with Crippen molar-refractivity contribution in [2.75, 3.05) is 0 Å². The standard InChI is InChI=1S/C13H25N3/c1-5-8-12-11(7-3)15-13(16-12)9-14-10(4)6-2/h10,14H,5-9H2,1-4H3,(H,15,16). The summed E-state index contributed by atoms with van der Waals surface area (Å²) >= 11 is 0. The molecular weight excluding hydrogens is 198 g/mol. The molecule has 0 bridgehead atoms. The summed E-state index contributed by atoms with van der Waals surface area (Å²) in [5, 5.41) is 3.46. The molecule has 0 aliphatic rings. The monoisotopic (exact) mass is 223 g/mol. The van der Waals surface area contributed by atoms with Crippen molar-refractivity contribution < 1.29 is 0 Å². The lowest BCUT2D eigenvalue weighted by atomic mass is 10.2. The third-order valence-corrected chi connectivity index (χ3v) is 2.98. The smallest absolute Gasteiger partial charge is 0.120 e. The quantitative estimate of drug-likeness (QED) is 0.746. The summed E-state index contributed by atoms with van der Waals surface area (Å²) in [7, 11) is 0. The van der Waals surface area contributed by atoms with Gasteiger partial charge in [0.05, 0.1) is 12.2 Å². The van der Waals surface area contributed by atoms with Crippen molar-refractivity contribution in [3.63, 3.8) is 0 Å². The third-order valence-electron chi connectivity index (χ3n) is 2.98. The van der Waals surface area contributed by atoms with Crippen LogP contribution >= 0.6 is 0 Å². The maximum absolute atomic E-state index is 4.64. The Balaban J connectivity index is 2.60. The van der Waals surface area contributed by atoms with Gasteiger partial charge in [-0.2, -0.15) is 0 Å². The zero-order chi connectivity index (χ0) is 12.0. The van der Waals surface area contributed by atoms with E-state index in [-0.39, 0.29) is 0 Å². The highest BCUT2D eigenvalue weighted by molar-refractivity contribution is 5.15. The van der Waals surface area contributed by atoms with Crippen LogP contribution in [-0.4, -0.2) is 16.0 Å². The largest absolute Gasteiger partial charge is 0.345 e. The Labute approximate surface area is 99.1 Å². The van der Waals surface area contributed by atoms with Crippen molar-refractivity contribution in [1.82, 2.24) is 15.3 Å². The molecule has 1 atom stereocenters. The van der Waals surface area contributed by atoms with Crippen LogP contribution in [0.3, 0.4) is 0 Å². The van der Waals surface area contributed by atoms with Crippen molar-refractivity contribution in [1.29, 1.82) is 0 Å². The normalized spacial score (nSPS) is 13.0. The van der Waals surface area contributed by atoms with E-state index in [0.717, 1.165) is 31.6 Å². The molecule has 0 aliphatic carbocycles. The predicted molar refractivity (Wildman–Crippen MR) is 68.6 cm³/mol. The second-order valence-corrected chi connectivity index (χ2v) is 4.40. The first-order chi connectivity index (χ1) is 7.71. The molecule has 0 saturated heterocycles. The molecule has 1 heterocycles. The maximum Gasteiger partial charge on any atom is 0.120 e. The number of aromatic amines is 1. The summed E-state index contributed by atoms with van der Waals surface area (Å²) in [5.74, 6) is 1.08. The minimum atomic E-state index is 0.560. The zero-order valence-electron chi connectivity index (χ0n) is 11.1. The van der Waals surface area contributed by atoms with Crippen LogP contribution in [0.25, 0.3) is 0 Å². The number of aromatic nitrogens is 2. The molecule has 0 amide bonds. The van der Waals surface area contributed by atoms with Gasteiger partial charge in [0, 0.05) is 11.7 Å². The molecule has 2 N–H and O–H groups in total. The Morgan fingerprint density at radius 3 is 2.62 bits per heavy atom. The van der Waals surface area contributed by atoms with Crippen LogP contribution < -0.4 is 5.32 Å². The van der Waals surface area contributed by atoms with E-state index in [0.29, 0.717) is 6.04 Å². The molecule has 1 aromatic heterocycles. The fraction of sp³-hybridized carbons (Fsp3) is 0.769. The Bertz CT molecular complexity index is 304.